The highest BCUT2D eigenvalue weighted by Crippen LogP contribution is 2.23. The van der Waals surface area contributed by atoms with Gasteiger partial charge in [-0.05, 0) is 50.6 Å². The second-order valence-corrected chi connectivity index (χ2v) is 8.23. The van der Waals surface area contributed by atoms with Gasteiger partial charge in [-0.25, -0.2) is 9.78 Å². The SMILES string of the molecule is O=C(Nc1ccc2ncc(-c3cnn(CCN4CCC4)c3)cc2n1)NC1CCCC1. The minimum absolute atomic E-state index is 0.193. The summed E-state index contributed by atoms with van der Waals surface area (Å²) in [6.45, 7) is 4.33. The number of aromatic nitrogens is 4. The van der Waals surface area contributed by atoms with Gasteiger partial charge in [0.1, 0.15) is 5.82 Å². The summed E-state index contributed by atoms with van der Waals surface area (Å²) in [6, 6.07) is 5.75. The lowest BCUT2D eigenvalue weighted by atomic mass is 10.1. The highest BCUT2D eigenvalue weighted by molar-refractivity contribution is 5.90. The Morgan fingerprint density at radius 2 is 1.90 bits per heavy atom. The van der Waals surface area contributed by atoms with Gasteiger partial charge in [-0.15, -0.1) is 0 Å². The molecule has 30 heavy (non-hydrogen) atoms. The number of pyridine rings is 2. The van der Waals surface area contributed by atoms with E-state index in [1.54, 1.807) is 6.07 Å². The molecule has 3 aromatic heterocycles. The number of nitrogens with zero attached hydrogens (tertiary/aromatic N) is 5. The third-order valence-electron chi connectivity index (χ3n) is 6.03. The molecule has 4 heterocycles. The maximum Gasteiger partial charge on any atom is 0.320 e. The highest BCUT2D eigenvalue weighted by atomic mass is 16.2. The van der Waals surface area contributed by atoms with Crippen molar-refractivity contribution in [1.82, 2.24) is 30.0 Å². The number of nitrogens with one attached hydrogen (secondary N) is 2. The van der Waals surface area contributed by atoms with Gasteiger partial charge < -0.3 is 10.2 Å². The molecule has 0 bridgehead atoms. The van der Waals surface area contributed by atoms with E-state index in [2.05, 4.69) is 36.8 Å². The van der Waals surface area contributed by atoms with Crippen LogP contribution in [0, 0.1) is 0 Å². The molecule has 2 amide bonds. The fraction of sp³-hybridized carbons (Fsp3) is 0.455. The molecule has 2 N–H and O–H groups in total. The number of urea groups is 1. The summed E-state index contributed by atoms with van der Waals surface area (Å²) in [5.41, 5.74) is 3.54. The molecule has 1 saturated carbocycles. The second kappa shape index (κ2) is 8.39. The van der Waals surface area contributed by atoms with Crippen LogP contribution in [0.4, 0.5) is 10.6 Å². The van der Waals surface area contributed by atoms with Crippen LogP contribution in [-0.4, -0.2) is 56.4 Å². The molecule has 5 rings (SSSR count). The van der Waals surface area contributed by atoms with E-state index >= 15 is 0 Å². The Bertz CT molecular complexity index is 1040. The number of amides is 2. The zero-order valence-electron chi connectivity index (χ0n) is 17.0. The Morgan fingerprint density at radius 3 is 2.70 bits per heavy atom. The quantitative estimate of drug-likeness (QED) is 0.657. The number of carbonyl (C=O) groups excluding carboxylic acids is 1. The first-order valence-corrected chi connectivity index (χ1v) is 10.8. The van der Waals surface area contributed by atoms with Gasteiger partial charge in [-0.1, -0.05) is 12.8 Å². The van der Waals surface area contributed by atoms with E-state index in [9.17, 15) is 4.79 Å². The molecule has 0 radical (unpaired) electrons. The minimum Gasteiger partial charge on any atom is -0.335 e. The van der Waals surface area contributed by atoms with Crippen LogP contribution in [0.15, 0.2) is 36.8 Å². The fourth-order valence-electron chi connectivity index (χ4n) is 4.13. The molecule has 8 nitrogen and oxygen atoms in total. The summed E-state index contributed by atoms with van der Waals surface area (Å²) in [6.07, 6.45) is 11.6. The molecule has 156 valence electrons. The van der Waals surface area contributed by atoms with Crippen LogP contribution in [0.5, 0.6) is 0 Å². The normalized spacial score (nSPS) is 17.2. The van der Waals surface area contributed by atoms with Crippen molar-refractivity contribution in [2.45, 2.75) is 44.7 Å². The Kier molecular flexibility index (Phi) is 5.31. The van der Waals surface area contributed by atoms with Gasteiger partial charge in [0.15, 0.2) is 0 Å². The summed E-state index contributed by atoms with van der Waals surface area (Å²) < 4.78 is 1.98. The van der Waals surface area contributed by atoms with Gasteiger partial charge >= 0.3 is 6.03 Å². The molecule has 0 atom stereocenters. The van der Waals surface area contributed by atoms with Crippen molar-refractivity contribution in [3.8, 4) is 11.1 Å². The average molecular weight is 406 g/mol. The molecule has 1 aliphatic carbocycles. The van der Waals surface area contributed by atoms with E-state index in [-0.39, 0.29) is 12.1 Å². The lowest BCUT2D eigenvalue weighted by molar-refractivity contribution is 0.172. The zero-order chi connectivity index (χ0) is 20.3. The molecule has 2 aliphatic rings. The number of anilines is 1. The Labute approximate surface area is 175 Å². The maximum atomic E-state index is 12.2. The van der Waals surface area contributed by atoms with Gasteiger partial charge in [0.25, 0.3) is 0 Å². The van der Waals surface area contributed by atoms with Crippen LogP contribution in [0.1, 0.15) is 32.1 Å². The number of fused-ring (bicyclic) bond motifs is 1. The summed E-state index contributed by atoms with van der Waals surface area (Å²) in [4.78, 5) is 23.8. The van der Waals surface area contributed by atoms with Crippen molar-refractivity contribution < 1.29 is 4.79 Å². The zero-order valence-corrected chi connectivity index (χ0v) is 17.0. The van der Waals surface area contributed by atoms with E-state index in [4.69, 9.17) is 0 Å². The highest BCUT2D eigenvalue weighted by Gasteiger charge is 2.17. The number of likely N-dealkylation sites (tertiary alicyclic amines) is 1. The van der Waals surface area contributed by atoms with Crippen molar-refractivity contribution in [3.05, 3.63) is 36.8 Å². The predicted molar refractivity (Wildman–Crippen MR) is 116 cm³/mol. The van der Waals surface area contributed by atoms with Gasteiger partial charge in [-0.3, -0.25) is 15.0 Å². The number of hydrogen-bond donors (Lipinski definition) is 2. The first kappa shape index (κ1) is 19.0. The molecule has 3 aromatic rings. The molecule has 0 aromatic carbocycles. The summed E-state index contributed by atoms with van der Waals surface area (Å²) in [5, 5.41) is 10.4. The molecule has 1 aliphatic heterocycles. The molecule has 0 unspecified atom stereocenters. The molecular formula is C22H27N7O. The summed E-state index contributed by atoms with van der Waals surface area (Å²) >= 11 is 0. The van der Waals surface area contributed by atoms with Gasteiger partial charge in [0.05, 0.1) is 23.8 Å². The van der Waals surface area contributed by atoms with E-state index in [0.717, 1.165) is 48.1 Å². The topological polar surface area (TPSA) is 88.0 Å². The van der Waals surface area contributed by atoms with Gasteiger partial charge in [0.2, 0.25) is 0 Å². The third-order valence-corrected chi connectivity index (χ3v) is 6.03. The molecule has 8 heteroatoms. The van der Waals surface area contributed by atoms with Crippen LogP contribution in [-0.2, 0) is 6.54 Å². The minimum atomic E-state index is -0.193. The first-order valence-electron chi connectivity index (χ1n) is 10.8. The molecule has 2 fully saturated rings. The maximum absolute atomic E-state index is 12.2. The fourth-order valence-corrected chi connectivity index (χ4v) is 4.13. The van der Waals surface area contributed by atoms with E-state index < -0.39 is 0 Å². The van der Waals surface area contributed by atoms with Crippen molar-refractivity contribution in [2.24, 2.45) is 0 Å². The van der Waals surface area contributed by atoms with Crippen LogP contribution < -0.4 is 10.6 Å². The Balaban J connectivity index is 1.28. The summed E-state index contributed by atoms with van der Waals surface area (Å²) in [5.74, 6) is 0.530. The van der Waals surface area contributed by atoms with Crippen LogP contribution in [0.25, 0.3) is 22.2 Å². The van der Waals surface area contributed by atoms with Crippen LogP contribution in [0.2, 0.25) is 0 Å². The number of carbonyl (C=O) groups is 1. The number of rotatable bonds is 6. The first-order chi connectivity index (χ1) is 14.7. The van der Waals surface area contributed by atoms with E-state index in [1.165, 1.54) is 32.4 Å². The van der Waals surface area contributed by atoms with E-state index in [0.29, 0.717) is 5.82 Å². The smallest absolute Gasteiger partial charge is 0.320 e. The van der Waals surface area contributed by atoms with Crippen molar-refractivity contribution >= 4 is 22.9 Å². The molecule has 1 saturated heterocycles. The third kappa shape index (κ3) is 4.28. The average Bonchev–Trinajstić information content (AvgIpc) is 3.38. The summed E-state index contributed by atoms with van der Waals surface area (Å²) in [7, 11) is 0. The van der Waals surface area contributed by atoms with Crippen molar-refractivity contribution in [1.29, 1.82) is 0 Å². The molecule has 0 spiro atoms. The lowest BCUT2D eigenvalue weighted by Gasteiger charge is -2.30. The van der Waals surface area contributed by atoms with Gasteiger partial charge in [-0.2, -0.15) is 5.10 Å². The standard InChI is InChI=1S/C22H27N7O/c30-22(25-18-4-1-2-5-18)27-21-7-6-19-20(26-21)12-16(13-23-19)17-14-24-29(15-17)11-10-28-8-3-9-28/h6-7,12-15,18H,1-5,8-11H2,(H2,25,26,27,30). The number of hydrogen-bond acceptors (Lipinski definition) is 5. The van der Waals surface area contributed by atoms with E-state index in [1.807, 2.05) is 29.2 Å². The van der Waals surface area contributed by atoms with Gasteiger partial charge in [0, 0.05) is 36.1 Å². The second-order valence-electron chi connectivity index (χ2n) is 8.23. The van der Waals surface area contributed by atoms with Crippen molar-refractivity contribution in [2.75, 3.05) is 25.0 Å². The monoisotopic (exact) mass is 405 g/mol. The Hall–Kier alpha value is -3.00. The largest absolute Gasteiger partial charge is 0.335 e. The predicted octanol–water partition coefficient (Wildman–Crippen LogP) is 3.26. The van der Waals surface area contributed by atoms with Crippen molar-refractivity contribution in [3.63, 3.8) is 0 Å². The Morgan fingerprint density at radius 1 is 1.03 bits per heavy atom. The van der Waals surface area contributed by atoms with Crippen LogP contribution >= 0.6 is 0 Å². The molecular weight excluding hydrogens is 378 g/mol. The lowest BCUT2D eigenvalue weighted by Crippen LogP contribution is -2.39. The van der Waals surface area contributed by atoms with Crippen LogP contribution in [0.3, 0.4) is 0 Å².